The first kappa shape index (κ1) is 33.2. The molecule has 9 heteroatoms. The van der Waals surface area contributed by atoms with Crippen molar-refractivity contribution < 1.29 is 28.7 Å². The highest BCUT2D eigenvalue weighted by Gasteiger charge is 2.50. The van der Waals surface area contributed by atoms with Gasteiger partial charge in [0.2, 0.25) is 17.6 Å². The van der Waals surface area contributed by atoms with E-state index in [1.807, 2.05) is 30.3 Å². The fourth-order valence-electron chi connectivity index (χ4n) is 6.92. The molecule has 0 bridgehead atoms. The summed E-state index contributed by atoms with van der Waals surface area (Å²) >= 11 is 6.55. The van der Waals surface area contributed by atoms with E-state index in [0.717, 1.165) is 24.8 Å². The second-order valence-electron chi connectivity index (χ2n) is 13.1. The summed E-state index contributed by atoms with van der Waals surface area (Å²) < 4.78 is 11.5. The van der Waals surface area contributed by atoms with Gasteiger partial charge in [0.05, 0.1) is 39.3 Å². The number of aromatic nitrogens is 1. The largest absolute Gasteiger partial charge is 0.489 e. The second kappa shape index (κ2) is 13.9. The Morgan fingerprint density at radius 2 is 1.60 bits per heavy atom. The number of benzene rings is 4. The first-order valence-electron chi connectivity index (χ1n) is 16.8. The molecule has 4 atom stereocenters. The van der Waals surface area contributed by atoms with Crippen molar-refractivity contribution in [2.24, 2.45) is 17.8 Å². The number of anilines is 1. The fraction of sp³-hybridized carbons (Fsp3) is 0.244. The van der Waals surface area contributed by atoms with Gasteiger partial charge < -0.3 is 9.47 Å². The fourth-order valence-corrected chi connectivity index (χ4v) is 7.14. The minimum atomic E-state index is -1.08. The number of ketones is 1. The van der Waals surface area contributed by atoms with Crippen LogP contribution in [0, 0.1) is 17.8 Å². The van der Waals surface area contributed by atoms with Crippen molar-refractivity contribution in [3.63, 3.8) is 0 Å². The van der Waals surface area contributed by atoms with E-state index in [4.69, 9.17) is 26.1 Å². The van der Waals surface area contributed by atoms with Crippen molar-refractivity contribution in [2.45, 2.75) is 45.8 Å². The highest BCUT2D eigenvalue weighted by Crippen LogP contribution is 2.42. The van der Waals surface area contributed by atoms with E-state index in [1.165, 1.54) is 11.8 Å². The van der Waals surface area contributed by atoms with E-state index in [-0.39, 0.29) is 35.0 Å². The molecule has 5 aromatic rings. The molecule has 1 aliphatic carbocycles. The molecule has 2 amide bonds. The van der Waals surface area contributed by atoms with Gasteiger partial charge in [0.1, 0.15) is 12.4 Å². The average molecular weight is 687 g/mol. The number of esters is 1. The van der Waals surface area contributed by atoms with Crippen molar-refractivity contribution in [1.82, 2.24) is 4.98 Å². The molecule has 8 nitrogen and oxygen atoms in total. The Bertz CT molecular complexity index is 2100. The van der Waals surface area contributed by atoms with Crippen molar-refractivity contribution in [1.29, 1.82) is 0 Å². The van der Waals surface area contributed by atoms with Crippen molar-refractivity contribution >= 4 is 51.8 Å². The average Bonchev–Trinajstić information content (AvgIpc) is 3.38. The maximum absolute atomic E-state index is 13.7. The van der Waals surface area contributed by atoms with Crippen LogP contribution in [0.25, 0.3) is 22.2 Å². The third kappa shape index (κ3) is 6.51. The Morgan fingerprint density at radius 1 is 0.880 bits per heavy atom. The van der Waals surface area contributed by atoms with E-state index in [2.05, 4.69) is 6.92 Å². The predicted molar refractivity (Wildman–Crippen MR) is 191 cm³/mol. The summed E-state index contributed by atoms with van der Waals surface area (Å²) in [6, 6.07) is 30.2. The zero-order valence-corrected chi connectivity index (χ0v) is 28.4. The molecular formula is C41H35ClN2O6. The molecule has 0 radical (unpaired) electrons. The summed E-state index contributed by atoms with van der Waals surface area (Å²) in [6.07, 6.45) is 1.32. The van der Waals surface area contributed by atoms with E-state index in [1.54, 1.807) is 72.8 Å². The number of para-hydroxylation sites is 1. The number of Topliss-reactive ketones (excluding diaryl/α,β-unsaturated/α-hetero) is 1. The number of amides is 2. The second-order valence-corrected chi connectivity index (χ2v) is 13.5. The molecule has 252 valence electrons. The van der Waals surface area contributed by atoms with E-state index >= 15 is 0 Å². The highest BCUT2D eigenvalue weighted by atomic mass is 35.5. The molecule has 50 heavy (non-hydrogen) atoms. The van der Waals surface area contributed by atoms with Crippen LogP contribution in [0.1, 0.15) is 59.4 Å². The molecule has 7 rings (SSSR count). The summed E-state index contributed by atoms with van der Waals surface area (Å²) in [5.74, 6) is -0.846. The first-order valence-corrected chi connectivity index (χ1v) is 17.1. The summed E-state index contributed by atoms with van der Waals surface area (Å²) in [4.78, 5) is 59.5. The van der Waals surface area contributed by atoms with Crippen molar-refractivity contribution in [3.05, 3.63) is 125 Å². The number of carbonyl (C=O) groups is 4. The lowest BCUT2D eigenvalue weighted by Gasteiger charge is -2.25. The van der Waals surface area contributed by atoms with Crippen molar-refractivity contribution in [3.8, 4) is 17.0 Å². The molecule has 0 N–H and O–H groups in total. The normalized spacial score (nSPS) is 19.3. The molecule has 2 fully saturated rings. The lowest BCUT2D eigenvalue weighted by molar-refractivity contribution is -0.122. The van der Waals surface area contributed by atoms with Crippen LogP contribution in [0.5, 0.6) is 5.75 Å². The number of hydrogen-bond donors (Lipinski definition) is 0. The van der Waals surface area contributed by atoms with E-state index in [0.29, 0.717) is 56.7 Å². The van der Waals surface area contributed by atoms with Crippen LogP contribution in [0.3, 0.4) is 0 Å². The maximum atomic E-state index is 13.7. The quantitative estimate of drug-likeness (QED) is 0.0870. The Hall–Kier alpha value is -5.34. The number of pyridine rings is 1. The topological polar surface area (TPSA) is 103 Å². The SMILES string of the molecule is CC1CCC2C(=O)N(c3ccc(-c4cc(C(=O)OC(C)C(=O)c5ccc(OCc6ccccc6)cc5)c5cccc(Cl)c5n4)cc3)C(=O)C2C1. The molecule has 0 spiro atoms. The van der Waals surface area contributed by atoms with Crippen LogP contribution in [-0.2, 0) is 20.9 Å². The van der Waals surface area contributed by atoms with Gasteiger partial charge >= 0.3 is 5.97 Å². The number of imide groups is 1. The third-order valence-electron chi connectivity index (χ3n) is 9.66. The smallest absolute Gasteiger partial charge is 0.339 e. The number of rotatable bonds is 9. The molecule has 4 unspecified atom stereocenters. The minimum absolute atomic E-state index is 0.142. The zero-order valence-electron chi connectivity index (χ0n) is 27.7. The van der Waals surface area contributed by atoms with Gasteiger partial charge in [-0.15, -0.1) is 0 Å². The van der Waals surface area contributed by atoms with Gasteiger partial charge in [0.15, 0.2) is 6.10 Å². The number of hydrogen-bond acceptors (Lipinski definition) is 7. The van der Waals surface area contributed by atoms with Gasteiger partial charge in [0, 0.05) is 16.5 Å². The van der Waals surface area contributed by atoms with Gasteiger partial charge in [-0.05, 0) is 86.2 Å². The number of carbonyl (C=O) groups excluding carboxylic acids is 4. The van der Waals surface area contributed by atoms with Gasteiger partial charge in [-0.3, -0.25) is 19.3 Å². The first-order chi connectivity index (χ1) is 24.2. The van der Waals surface area contributed by atoms with Gasteiger partial charge in [-0.1, -0.05) is 73.1 Å². The highest BCUT2D eigenvalue weighted by molar-refractivity contribution is 6.35. The molecule has 1 saturated heterocycles. The summed E-state index contributed by atoms with van der Waals surface area (Å²) in [6.45, 7) is 4.06. The summed E-state index contributed by atoms with van der Waals surface area (Å²) in [7, 11) is 0. The van der Waals surface area contributed by atoms with Crippen LogP contribution in [0.4, 0.5) is 5.69 Å². The lowest BCUT2D eigenvalue weighted by Crippen LogP contribution is -2.30. The number of fused-ring (bicyclic) bond motifs is 2. The van der Waals surface area contributed by atoms with Gasteiger partial charge in [-0.2, -0.15) is 0 Å². The van der Waals surface area contributed by atoms with Crippen LogP contribution in [0.15, 0.2) is 103 Å². The van der Waals surface area contributed by atoms with Gasteiger partial charge in [0.25, 0.3) is 0 Å². The maximum Gasteiger partial charge on any atom is 0.339 e. The van der Waals surface area contributed by atoms with E-state index in [9.17, 15) is 19.2 Å². The molecule has 1 aromatic heterocycles. The molecule has 4 aromatic carbocycles. The predicted octanol–water partition coefficient (Wildman–Crippen LogP) is 8.49. The number of ether oxygens (including phenoxy) is 2. The lowest BCUT2D eigenvalue weighted by atomic mass is 9.76. The molecule has 2 aliphatic rings. The molecule has 1 aliphatic heterocycles. The minimum Gasteiger partial charge on any atom is -0.489 e. The Labute approximate surface area is 295 Å². The monoisotopic (exact) mass is 686 g/mol. The molecule has 2 heterocycles. The summed E-state index contributed by atoms with van der Waals surface area (Å²) in [5, 5.41) is 0.825. The van der Waals surface area contributed by atoms with E-state index < -0.39 is 12.1 Å². The third-order valence-corrected chi connectivity index (χ3v) is 9.96. The van der Waals surface area contributed by atoms with Crippen LogP contribution in [0.2, 0.25) is 5.02 Å². The summed E-state index contributed by atoms with van der Waals surface area (Å²) in [5.41, 5.74) is 3.60. The van der Waals surface area contributed by atoms with Crippen LogP contribution < -0.4 is 9.64 Å². The Balaban J connectivity index is 1.09. The number of nitrogens with zero attached hydrogens (tertiary/aromatic N) is 2. The molecule has 1 saturated carbocycles. The zero-order chi connectivity index (χ0) is 34.9. The number of halogens is 1. The van der Waals surface area contributed by atoms with Gasteiger partial charge in [-0.25, -0.2) is 9.78 Å². The molecular weight excluding hydrogens is 652 g/mol. The Morgan fingerprint density at radius 3 is 2.34 bits per heavy atom. The van der Waals surface area contributed by atoms with Crippen LogP contribution >= 0.6 is 11.6 Å². The Kier molecular flexibility index (Phi) is 9.21. The van der Waals surface area contributed by atoms with Crippen molar-refractivity contribution in [2.75, 3.05) is 4.90 Å². The van der Waals surface area contributed by atoms with Crippen LogP contribution in [-0.4, -0.2) is 34.7 Å². The standard InChI is InChI=1S/C41H35ClN2O6/c1-24-11-20-32-33(21-24)40(47)44(39(32)46)29-16-12-27(13-17-29)36-22-34(31-9-6-10-35(42)37(31)43-36)41(48)50-25(2)38(45)28-14-18-30(19-15-28)49-23-26-7-4-3-5-8-26/h3-10,12-19,22,24-25,32-33H,11,20-21,23H2,1-2H3.